The number of thiophene rings is 1. The van der Waals surface area contributed by atoms with E-state index in [0.29, 0.717) is 12.8 Å². The third-order valence-electron chi connectivity index (χ3n) is 3.00. The molecule has 0 fully saturated rings. The van der Waals surface area contributed by atoms with E-state index in [-0.39, 0.29) is 12.3 Å². The lowest BCUT2D eigenvalue weighted by atomic mass is 10.1. The first-order valence-electron chi connectivity index (χ1n) is 6.69. The molecule has 0 aliphatic heterocycles. The number of rotatable bonds is 6. The minimum absolute atomic E-state index is 0.0462. The predicted molar refractivity (Wildman–Crippen MR) is 83.8 cm³/mol. The smallest absolute Gasteiger partial charge is 0.303 e. The minimum atomic E-state index is -0.807. The highest BCUT2D eigenvalue weighted by Gasteiger charge is 2.06. The van der Waals surface area contributed by atoms with Crippen molar-refractivity contribution in [3.8, 4) is 0 Å². The molecule has 1 amide bonds. The van der Waals surface area contributed by atoms with Crippen molar-refractivity contribution in [3.05, 3.63) is 51.7 Å². The van der Waals surface area contributed by atoms with Gasteiger partial charge in [0.1, 0.15) is 0 Å². The molecule has 0 saturated carbocycles. The molecule has 21 heavy (non-hydrogen) atoms. The van der Waals surface area contributed by atoms with Gasteiger partial charge in [-0.2, -0.15) is 0 Å². The lowest BCUT2D eigenvalue weighted by Gasteiger charge is -2.05. The molecule has 0 bridgehead atoms. The van der Waals surface area contributed by atoms with E-state index in [4.69, 9.17) is 5.11 Å². The van der Waals surface area contributed by atoms with Crippen LogP contribution < -0.4 is 5.32 Å². The lowest BCUT2D eigenvalue weighted by molar-refractivity contribution is -0.137. The molecule has 110 valence electrons. The number of aliphatic carboxylic acids is 1. The van der Waals surface area contributed by atoms with Crippen LogP contribution >= 0.6 is 11.3 Å². The standard InChI is InChI=1S/C16H17NO3S/c1-11-2-8-14(21-11)10-15(18)17-13-6-3-12(4-7-13)5-9-16(19)20/h2-4,6-8H,5,9-10H2,1H3,(H,17,18)(H,19,20). The second kappa shape index (κ2) is 7.04. The normalized spacial score (nSPS) is 10.3. The van der Waals surface area contributed by atoms with Gasteiger partial charge in [0.25, 0.3) is 0 Å². The number of amides is 1. The van der Waals surface area contributed by atoms with Crippen molar-refractivity contribution in [2.75, 3.05) is 5.32 Å². The van der Waals surface area contributed by atoms with Crippen LogP contribution in [0.5, 0.6) is 0 Å². The largest absolute Gasteiger partial charge is 0.481 e. The second-order valence-corrected chi connectivity index (χ2v) is 6.20. The summed E-state index contributed by atoms with van der Waals surface area (Å²) in [5.41, 5.74) is 1.68. The average Bonchev–Trinajstić information content (AvgIpc) is 2.83. The van der Waals surface area contributed by atoms with Crippen LogP contribution in [0.25, 0.3) is 0 Å². The number of carbonyl (C=O) groups is 2. The summed E-state index contributed by atoms with van der Waals surface area (Å²) in [7, 11) is 0. The Labute approximate surface area is 127 Å². The van der Waals surface area contributed by atoms with Crippen LogP contribution in [0.1, 0.15) is 21.7 Å². The maximum Gasteiger partial charge on any atom is 0.303 e. The van der Waals surface area contributed by atoms with Crippen molar-refractivity contribution in [3.63, 3.8) is 0 Å². The molecule has 0 aliphatic rings. The number of benzene rings is 1. The van der Waals surface area contributed by atoms with Gasteiger partial charge in [-0.25, -0.2) is 0 Å². The summed E-state index contributed by atoms with van der Waals surface area (Å²) < 4.78 is 0. The van der Waals surface area contributed by atoms with Gasteiger partial charge in [0, 0.05) is 21.9 Å². The molecule has 0 spiro atoms. The summed E-state index contributed by atoms with van der Waals surface area (Å²) in [5.74, 6) is -0.853. The Kier molecular flexibility index (Phi) is 5.11. The molecule has 2 aromatic rings. The monoisotopic (exact) mass is 303 g/mol. The number of carboxylic acids is 1. The maximum absolute atomic E-state index is 11.9. The highest BCUT2D eigenvalue weighted by molar-refractivity contribution is 7.12. The van der Waals surface area contributed by atoms with Crippen LogP contribution in [0.3, 0.4) is 0 Å². The quantitative estimate of drug-likeness (QED) is 0.861. The van der Waals surface area contributed by atoms with E-state index in [2.05, 4.69) is 5.32 Å². The molecule has 1 aromatic carbocycles. The van der Waals surface area contributed by atoms with Gasteiger partial charge in [-0.15, -0.1) is 11.3 Å². The number of carbonyl (C=O) groups excluding carboxylic acids is 1. The van der Waals surface area contributed by atoms with Crippen LogP contribution in [-0.2, 0) is 22.4 Å². The molecule has 0 radical (unpaired) electrons. The van der Waals surface area contributed by atoms with E-state index >= 15 is 0 Å². The van der Waals surface area contributed by atoms with E-state index in [1.165, 1.54) is 4.88 Å². The van der Waals surface area contributed by atoms with Crippen LogP contribution in [0, 0.1) is 6.92 Å². The van der Waals surface area contributed by atoms with E-state index < -0.39 is 5.97 Å². The summed E-state index contributed by atoms with van der Waals surface area (Å²) in [6, 6.07) is 11.3. The SMILES string of the molecule is Cc1ccc(CC(=O)Nc2ccc(CCC(=O)O)cc2)s1. The van der Waals surface area contributed by atoms with Gasteiger partial charge < -0.3 is 10.4 Å². The van der Waals surface area contributed by atoms with E-state index in [9.17, 15) is 9.59 Å². The molecule has 4 nitrogen and oxygen atoms in total. The first-order valence-corrected chi connectivity index (χ1v) is 7.50. The fourth-order valence-corrected chi connectivity index (χ4v) is 2.84. The molecule has 1 aromatic heterocycles. The summed E-state index contributed by atoms with van der Waals surface area (Å²) in [5, 5.41) is 11.5. The average molecular weight is 303 g/mol. The minimum Gasteiger partial charge on any atom is -0.481 e. The van der Waals surface area contributed by atoms with Gasteiger partial charge in [-0.1, -0.05) is 12.1 Å². The summed E-state index contributed by atoms with van der Waals surface area (Å²) >= 11 is 1.62. The van der Waals surface area contributed by atoms with Crippen molar-refractivity contribution >= 4 is 28.9 Å². The molecule has 0 saturated heterocycles. The predicted octanol–water partition coefficient (Wildman–Crippen LogP) is 3.25. The Morgan fingerprint density at radius 2 is 1.86 bits per heavy atom. The Morgan fingerprint density at radius 3 is 2.43 bits per heavy atom. The Balaban J connectivity index is 1.87. The molecule has 5 heteroatoms. The van der Waals surface area contributed by atoms with Crippen molar-refractivity contribution in [1.29, 1.82) is 0 Å². The molecule has 1 heterocycles. The molecular weight excluding hydrogens is 286 g/mol. The van der Waals surface area contributed by atoms with Crippen LogP contribution in [-0.4, -0.2) is 17.0 Å². The molecule has 2 N–H and O–H groups in total. The second-order valence-electron chi connectivity index (χ2n) is 4.83. The highest BCUT2D eigenvalue weighted by atomic mass is 32.1. The number of carboxylic acid groups (broad SMARTS) is 1. The Bertz CT molecular complexity index is 631. The highest BCUT2D eigenvalue weighted by Crippen LogP contribution is 2.17. The fraction of sp³-hybridized carbons (Fsp3) is 0.250. The first-order chi connectivity index (χ1) is 10.0. The third-order valence-corrected chi connectivity index (χ3v) is 4.00. The lowest BCUT2D eigenvalue weighted by Crippen LogP contribution is -2.13. The molecule has 2 rings (SSSR count). The van der Waals surface area contributed by atoms with Crippen molar-refractivity contribution in [2.24, 2.45) is 0 Å². The van der Waals surface area contributed by atoms with Crippen LogP contribution in [0.15, 0.2) is 36.4 Å². The first kappa shape index (κ1) is 15.3. The van der Waals surface area contributed by atoms with Crippen molar-refractivity contribution in [2.45, 2.75) is 26.2 Å². The molecule has 0 atom stereocenters. The number of hydrogen-bond acceptors (Lipinski definition) is 3. The maximum atomic E-state index is 11.9. The van der Waals surface area contributed by atoms with E-state index in [1.807, 2.05) is 31.2 Å². The molecule has 0 aliphatic carbocycles. The number of anilines is 1. The third kappa shape index (κ3) is 5.04. The zero-order valence-electron chi connectivity index (χ0n) is 11.8. The van der Waals surface area contributed by atoms with Crippen LogP contribution in [0.2, 0.25) is 0 Å². The van der Waals surface area contributed by atoms with E-state index in [0.717, 1.165) is 16.1 Å². The summed E-state index contributed by atoms with van der Waals surface area (Å²) in [6.45, 7) is 2.02. The van der Waals surface area contributed by atoms with Crippen molar-refractivity contribution in [1.82, 2.24) is 0 Å². The Hall–Kier alpha value is -2.14. The van der Waals surface area contributed by atoms with Gasteiger partial charge >= 0.3 is 5.97 Å². The Morgan fingerprint density at radius 1 is 1.14 bits per heavy atom. The van der Waals surface area contributed by atoms with Gasteiger partial charge in [0.05, 0.1) is 6.42 Å². The summed E-state index contributed by atoms with van der Waals surface area (Å²) in [4.78, 5) is 24.7. The van der Waals surface area contributed by atoms with Gasteiger partial charge in [0.2, 0.25) is 5.91 Å². The van der Waals surface area contributed by atoms with E-state index in [1.54, 1.807) is 23.5 Å². The molecule has 0 unspecified atom stereocenters. The van der Waals surface area contributed by atoms with Gasteiger partial charge in [-0.05, 0) is 43.2 Å². The van der Waals surface area contributed by atoms with Crippen LogP contribution in [0.4, 0.5) is 5.69 Å². The zero-order chi connectivity index (χ0) is 15.2. The fourth-order valence-electron chi connectivity index (χ4n) is 1.95. The molecular formula is C16H17NO3S. The van der Waals surface area contributed by atoms with Gasteiger partial charge in [-0.3, -0.25) is 9.59 Å². The topological polar surface area (TPSA) is 66.4 Å². The number of aryl methyl sites for hydroxylation is 2. The van der Waals surface area contributed by atoms with Crippen molar-refractivity contribution < 1.29 is 14.7 Å². The number of hydrogen-bond donors (Lipinski definition) is 2. The van der Waals surface area contributed by atoms with Gasteiger partial charge in [0.15, 0.2) is 0 Å². The zero-order valence-corrected chi connectivity index (χ0v) is 12.6. The summed E-state index contributed by atoms with van der Waals surface area (Å²) in [6.07, 6.45) is 0.987. The number of nitrogens with one attached hydrogen (secondary N) is 1.